The molecule has 7 heteroatoms. The Morgan fingerprint density at radius 3 is 2.41 bits per heavy atom. The Morgan fingerprint density at radius 1 is 1.41 bits per heavy atom. The first-order valence-electron chi connectivity index (χ1n) is 4.56. The van der Waals surface area contributed by atoms with Crippen LogP contribution in [0, 0.1) is 6.92 Å². The summed E-state index contributed by atoms with van der Waals surface area (Å²) in [7, 11) is 0. The van der Waals surface area contributed by atoms with Crippen molar-refractivity contribution in [2.45, 2.75) is 6.92 Å². The predicted octanol–water partition coefficient (Wildman–Crippen LogP) is 3.11. The summed E-state index contributed by atoms with van der Waals surface area (Å²) in [5.41, 5.74) is 0.818. The van der Waals surface area contributed by atoms with Gasteiger partial charge in [0.25, 0.3) is 0 Å². The van der Waals surface area contributed by atoms with Crippen LogP contribution < -0.4 is 4.72 Å². The van der Waals surface area contributed by atoms with Crippen molar-refractivity contribution in [3.05, 3.63) is 45.9 Å². The van der Waals surface area contributed by atoms with Crippen molar-refractivity contribution in [3.63, 3.8) is 0 Å². The molecule has 1 unspecified atom stereocenters. The summed E-state index contributed by atoms with van der Waals surface area (Å²) in [6.07, 6.45) is 0. The van der Waals surface area contributed by atoms with E-state index in [1.54, 1.807) is 12.3 Å². The average Bonchev–Trinajstić information content (AvgIpc) is 2.65. The van der Waals surface area contributed by atoms with Crippen molar-refractivity contribution in [1.29, 1.82) is 0 Å². The highest BCUT2D eigenvalue weighted by Crippen LogP contribution is 2.13. The Morgan fingerprint density at radius 2 is 2.06 bits per heavy atom. The molecule has 0 saturated heterocycles. The van der Waals surface area contributed by atoms with E-state index < -0.39 is 11.3 Å². The van der Waals surface area contributed by atoms with Crippen LogP contribution in [0.25, 0.3) is 0 Å². The van der Waals surface area contributed by atoms with Gasteiger partial charge in [-0.2, -0.15) is 0 Å². The van der Waals surface area contributed by atoms with Crippen LogP contribution in [0.5, 0.6) is 0 Å². The van der Waals surface area contributed by atoms with Crippen molar-refractivity contribution in [3.8, 4) is 0 Å². The highest BCUT2D eigenvalue weighted by atomic mass is 79.9. The molecule has 0 aliphatic carbocycles. The first kappa shape index (κ1) is 14.3. The maximum absolute atomic E-state index is 10.0. The number of thiazole rings is 1. The number of halogens is 1. The molecule has 0 aliphatic rings. The Hall–Kier alpha value is -0.760. The third kappa shape index (κ3) is 6.52. The third-order valence-electron chi connectivity index (χ3n) is 1.52. The van der Waals surface area contributed by atoms with Gasteiger partial charge in [0.05, 0.1) is 5.69 Å². The molecule has 92 valence electrons. The smallest absolute Gasteiger partial charge is 0.193 e. The van der Waals surface area contributed by atoms with E-state index in [0.717, 1.165) is 10.2 Å². The lowest BCUT2D eigenvalue weighted by Crippen LogP contribution is -2.01. The van der Waals surface area contributed by atoms with Crippen LogP contribution in [0.1, 0.15) is 5.69 Å². The molecule has 17 heavy (non-hydrogen) atoms. The minimum Gasteiger partial charge on any atom is -0.755 e. The van der Waals surface area contributed by atoms with E-state index in [0.29, 0.717) is 5.13 Å². The molecule has 0 aliphatic heterocycles. The fraction of sp³-hybridized carbons (Fsp3) is 0.100. The second-order valence-electron chi connectivity index (χ2n) is 2.93. The molecular weight excluding hydrogens is 324 g/mol. The summed E-state index contributed by atoms with van der Waals surface area (Å²) >= 11 is 2.32. The first-order chi connectivity index (χ1) is 8.08. The van der Waals surface area contributed by atoms with Gasteiger partial charge in [0, 0.05) is 21.1 Å². The zero-order valence-corrected chi connectivity index (χ0v) is 12.1. The number of benzene rings is 1. The molecule has 0 fully saturated rings. The zero-order valence-electron chi connectivity index (χ0n) is 8.92. The van der Waals surface area contributed by atoms with Crippen LogP contribution in [0.2, 0.25) is 0 Å². The van der Waals surface area contributed by atoms with Crippen molar-refractivity contribution in [2.75, 3.05) is 4.72 Å². The molecule has 0 amide bonds. The predicted molar refractivity (Wildman–Crippen MR) is 73.5 cm³/mol. The van der Waals surface area contributed by atoms with Crippen molar-refractivity contribution in [1.82, 2.24) is 4.98 Å². The zero-order chi connectivity index (χ0) is 12.7. The largest absolute Gasteiger partial charge is 0.755 e. The fourth-order valence-electron chi connectivity index (χ4n) is 0.887. The van der Waals surface area contributed by atoms with Crippen LogP contribution >= 0.6 is 27.3 Å². The Kier molecular flexibility index (Phi) is 6.35. The highest BCUT2D eigenvalue weighted by Gasteiger charge is 1.94. The fourth-order valence-corrected chi connectivity index (χ4v) is 2.31. The van der Waals surface area contributed by atoms with E-state index >= 15 is 0 Å². The van der Waals surface area contributed by atoms with Crippen LogP contribution in [0.3, 0.4) is 0 Å². The average molecular weight is 334 g/mol. The van der Waals surface area contributed by atoms with Crippen molar-refractivity contribution < 1.29 is 8.76 Å². The van der Waals surface area contributed by atoms with E-state index in [1.165, 1.54) is 11.3 Å². The molecule has 1 N–H and O–H groups in total. The van der Waals surface area contributed by atoms with Gasteiger partial charge in [-0.25, -0.2) is 4.98 Å². The van der Waals surface area contributed by atoms with E-state index in [4.69, 9.17) is 0 Å². The van der Waals surface area contributed by atoms with E-state index in [2.05, 4.69) is 25.6 Å². The van der Waals surface area contributed by atoms with E-state index in [9.17, 15) is 8.76 Å². The molecule has 0 radical (unpaired) electrons. The van der Waals surface area contributed by atoms with Gasteiger partial charge in [-0.05, 0) is 19.1 Å². The second kappa shape index (κ2) is 7.54. The van der Waals surface area contributed by atoms with Gasteiger partial charge in [0.15, 0.2) is 5.13 Å². The summed E-state index contributed by atoms with van der Waals surface area (Å²) in [6.45, 7) is 1.80. The van der Waals surface area contributed by atoms with E-state index in [1.807, 2.05) is 30.3 Å². The molecular formula is C10H10BrN2O2S2-. The number of rotatable bonds is 2. The van der Waals surface area contributed by atoms with Gasteiger partial charge < -0.3 is 4.55 Å². The molecule has 0 saturated carbocycles. The molecule has 0 bridgehead atoms. The number of aryl methyl sites for hydroxylation is 1. The minimum absolute atomic E-state index is 0.408. The van der Waals surface area contributed by atoms with Gasteiger partial charge >= 0.3 is 0 Å². The lowest BCUT2D eigenvalue weighted by molar-refractivity contribution is 0.542. The topological polar surface area (TPSA) is 65.0 Å². The number of nitrogens with one attached hydrogen (secondary N) is 1. The molecule has 4 nitrogen and oxygen atoms in total. The van der Waals surface area contributed by atoms with Crippen LogP contribution in [-0.2, 0) is 11.3 Å². The second-order valence-corrected chi connectivity index (χ2v) is 5.37. The lowest BCUT2D eigenvalue weighted by Gasteiger charge is -2.02. The molecule has 1 heterocycles. The molecule has 1 aromatic heterocycles. The van der Waals surface area contributed by atoms with Crippen molar-refractivity contribution >= 4 is 43.7 Å². The molecule has 1 atom stereocenters. The maximum Gasteiger partial charge on any atom is 0.193 e. The summed E-state index contributed by atoms with van der Waals surface area (Å²) in [5, 5.41) is 2.18. The van der Waals surface area contributed by atoms with E-state index in [-0.39, 0.29) is 0 Å². The number of hydrogen-bond donors (Lipinski definition) is 1. The Balaban J connectivity index is 0.000000181. The van der Waals surface area contributed by atoms with Gasteiger partial charge in [-0.15, -0.1) is 11.3 Å². The minimum atomic E-state index is -2.26. The van der Waals surface area contributed by atoms with Crippen LogP contribution in [0.15, 0.2) is 40.2 Å². The van der Waals surface area contributed by atoms with Crippen LogP contribution in [-0.4, -0.2) is 13.7 Å². The number of aromatic nitrogens is 1. The Bertz CT molecular complexity index is 476. The summed E-state index contributed by atoms with van der Waals surface area (Å²) in [6, 6.07) is 9.97. The maximum atomic E-state index is 10.0. The standard InChI is InChI=1S/C6H5Br.C4H6N2O2S2/c7-6-4-2-1-3-5-6;1-3-2-9-4(5-3)6-10(7)8/h1-5H;2H,1H3,(H,5,6)(H,7,8)/p-1. The Labute approximate surface area is 115 Å². The summed E-state index contributed by atoms with van der Waals surface area (Å²) in [4.78, 5) is 3.87. The highest BCUT2D eigenvalue weighted by molar-refractivity contribution is 9.10. The van der Waals surface area contributed by atoms with Crippen LogP contribution in [0.4, 0.5) is 5.13 Å². The normalized spacial score (nSPS) is 11.2. The first-order valence-corrected chi connectivity index (χ1v) is 7.31. The molecule has 2 rings (SSSR count). The molecule has 1 aromatic carbocycles. The quantitative estimate of drug-likeness (QED) is 0.858. The van der Waals surface area contributed by atoms with Gasteiger partial charge in [-0.3, -0.25) is 8.93 Å². The van der Waals surface area contributed by atoms with Crippen molar-refractivity contribution in [2.24, 2.45) is 0 Å². The van der Waals surface area contributed by atoms with Gasteiger partial charge in [0.2, 0.25) is 0 Å². The number of nitrogens with zero attached hydrogens (tertiary/aromatic N) is 1. The monoisotopic (exact) mass is 333 g/mol. The molecule has 0 spiro atoms. The number of hydrogen-bond acceptors (Lipinski definition) is 4. The van der Waals surface area contributed by atoms with Gasteiger partial charge in [0.1, 0.15) is 0 Å². The molecule has 2 aromatic rings. The number of anilines is 1. The SMILES string of the molecule is Brc1ccccc1.Cc1csc(NS(=O)[O-])n1. The summed E-state index contributed by atoms with van der Waals surface area (Å²) < 4.78 is 23.4. The lowest BCUT2D eigenvalue weighted by atomic mass is 10.4. The van der Waals surface area contributed by atoms with Gasteiger partial charge in [-0.1, -0.05) is 34.1 Å². The third-order valence-corrected chi connectivity index (χ3v) is 3.42. The summed E-state index contributed by atoms with van der Waals surface area (Å²) in [5.74, 6) is 0.